The van der Waals surface area contributed by atoms with E-state index in [0.717, 1.165) is 0 Å². The molecule has 280 valence electrons. The summed E-state index contributed by atoms with van der Waals surface area (Å²) in [4.78, 5) is 5.45. The Morgan fingerprint density at radius 2 is 0.489 bits per heavy atom. The van der Waals surface area contributed by atoms with E-state index < -0.39 is 0 Å². The number of hydrogen-bond donors (Lipinski definition) is 0. The number of nitrogens with zero attached hydrogens (tertiary/aromatic N) is 2. The van der Waals surface area contributed by atoms with Gasteiger partial charge in [-0.3, -0.25) is 0 Å². The Hall–Kier alpha value is -0.660. The zero-order valence-electron chi connectivity index (χ0n) is 33.2. The van der Waals surface area contributed by atoms with Crippen LogP contribution in [0, 0.1) is 0 Å². The number of unbranched alkanes of at least 4 members (excludes halogenated alkanes) is 33. The Morgan fingerprint density at radius 3 is 0.745 bits per heavy atom. The van der Waals surface area contributed by atoms with Crippen LogP contribution in [0.1, 0.15) is 258 Å². The van der Waals surface area contributed by atoms with Crippen molar-refractivity contribution in [2.24, 2.45) is 0 Å². The van der Waals surface area contributed by atoms with Gasteiger partial charge >= 0.3 is 0 Å². The zero-order chi connectivity index (χ0) is 33.7. The van der Waals surface area contributed by atoms with E-state index in [4.69, 9.17) is 0 Å². The van der Waals surface area contributed by atoms with Crippen LogP contribution in [-0.2, 0) is 0 Å². The second-order valence-electron chi connectivity index (χ2n) is 15.7. The van der Waals surface area contributed by atoms with E-state index in [1.807, 2.05) is 0 Å². The first-order valence-electron chi connectivity index (χ1n) is 22.5. The fraction of sp³-hybridized carbons (Fsp3) is 0.956. The van der Waals surface area contributed by atoms with Crippen molar-refractivity contribution in [3.05, 3.63) is 12.4 Å². The van der Waals surface area contributed by atoms with Gasteiger partial charge in [0, 0.05) is 25.5 Å². The van der Waals surface area contributed by atoms with Crippen molar-refractivity contribution in [1.82, 2.24) is 9.80 Å². The van der Waals surface area contributed by atoms with Crippen LogP contribution in [0.15, 0.2) is 12.4 Å². The predicted molar refractivity (Wildman–Crippen MR) is 214 cm³/mol. The molecule has 1 unspecified atom stereocenters. The lowest BCUT2D eigenvalue weighted by Gasteiger charge is -2.33. The van der Waals surface area contributed by atoms with Crippen molar-refractivity contribution in [3.63, 3.8) is 0 Å². The molecule has 0 aromatic heterocycles. The molecule has 47 heavy (non-hydrogen) atoms. The fourth-order valence-corrected chi connectivity index (χ4v) is 7.78. The maximum absolute atomic E-state index is 2.73. The third kappa shape index (κ3) is 28.8. The largest absolute Gasteiger partial charge is 0.356 e. The van der Waals surface area contributed by atoms with Gasteiger partial charge in [0.15, 0.2) is 0 Å². The highest BCUT2D eigenvalue weighted by atomic mass is 15.4. The molecular weight excluding hydrogens is 569 g/mol. The third-order valence-corrected chi connectivity index (χ3v) is 11.1. The molecule has 1 heterocycles. The van der Waals surface area contributed by atoms with Gasteiger partial charge in [-0.15, -0.1) is 0 Å². The van der Waals surface area contributed by atoms with Crippen molar-refractivity contribution in [1.29, 1.82) is 0 Å². The topological polar surface area (TPSA) is 6.48 Å². The van der Waals surface area contributed by atoms with E-state index in [-0.39, 0.29) is 0 Å². The summed E-state index contributed by atoms with van der Waals surface area (Å²) in [6.07, 6.45) is 58.9. The highest BCUT2D eigenvalue weighted by molar-refractivity contribution is 4.97. The summed E-state index contributed by atoms with van der Waals surface area (Å²) >= 11 is 0. The van der Waals surface area contributed by atoms with Gasteiger partial charge in [0.2, 0.25) is 0 Å². The van der Waals surface area contributed by atoms with Crippen LogP contribution in [0.4, 0.5) is 0 Å². The molecule has 0 fully saturated rings. The van der Waals surface area contributed by atoms with Crippen molar-refractivity contribution in [3.8, 4) is 0 Å². The molecule has 0 N–H and O–H groups in total. The average molecular weight is 659 g/mol. The molecule has 1 aliphatic rings. The van der Waals surface area contributed by atoms with Crippen LogP contribution in [0.2, 0.25) is 0 Å². The van der Waals surface area contributed by atoms with Crippen LogP contribution in [0.5, 0.6) is 0 Å². The summed E-state index contributed by atoms with van der Waals surface area (Å²) in [7, 11) is 0. The first-order chi connectivity index (χ1) is 23.3. The molecule has 0 saturated heterocycles. The van der Waals surface area contributed by atoms with Crippen molar-refractivity contribution >= 4 is 0 Å². The van der Waals surface area contributed by atoms with Gasteiger partial charge in [-0.2, -0.15) is 0 Å². The van der Waals surface area contributed by atoms with Gasteiger partial charge < -0.3 is 9.80 Å². The van der Waals surface area contributed by atoms with Gasteiger partial charge in [-0.25, -0.2) is 0 Å². The average Bonchev–Trinajstić information content (AvgIpc) is 3.47. The SMILES string of the molecule is CCCCCCCCCCCCCCCCCCCN1C=CN(CCCCCCCCCCCC)C1CCCCCCCCCCC. The van der Waals surface area contributed by atoms with Crippen LogP contribution in [0.3, 0.4) is 0 Å². The van der Waals surface area contributed by atoms with E-state index in [0.29, 0.717) is 6.17 Å². The van der Waals surface area contributed by atoms with Crippen LogP contribution < -0.4 is 0 Å². The summed E-state index contributed by atoms with van der Waals surface area (Å²) in [5.41, 5.74) is 0. The van der Waals surface area contributed by atoms with E-state index in [1.54, 1.807) is 0 Å². The second kappa shape index (κ2) is 36.6. The molecule has 0 amide bonds. The van der Waals surface area contributed by atoms with Crippen LogP contribution >= 0.6 is 0 Å². The van der Waals surface area contributed by atoms with Gasteiger partial charge in [0.1, 0.15) is 6.17 Å². The summed E-state index contributed by atoms with van der Waals surface area (Å²) in [5.74, 6) is 0. The normalized spacial score (nSPS) is 14.7. The summed E-state index contributed by atoms with van der Waals surface area (Å²) in [5, 5.41) is 0. The number of hydrogen-bond acceptors (Lipinski definition) is 2. The van der Waals surface area contributed by atoms with Crippen molar-refractivity contribution in [2.45, 2.75) is 265 Å². The molecule has 1 atom stereocenters. The minimum atomic E-state index is 0.638. The molecule has 0 saturated carbocycles. The molecule has 0 aromatic rings. The zero-order valence-corrected chi connectivity index (χ0v) is 33.2. The standard InChI is InChI=1S/C45H90N2/c1-4-7-10-13-16-19-21-22-23-24-25-26-27-30-33-36-39-42-47-44-43-46(41-38-35-32-29-20-17-14-11-8-5-2)45(47)40-37-34-31-28-18-15-12-9-6-3/h43-45H,4-42H2,1-3H3. The highest BCUT2D eigenvalue weighted by Gasteiger charge is 2.24. The molecule has 0 radical (unpaired) electrons. The summed E-state index contributed by atoms with van der Waals surface area (Å²) < 4.78 is 0. The minimum Gasteiger partial charge on any atom is -0.356 e. The van der Waals surface area contributed by atoms with E-state index in [1.165, 1.54) is 251 Å². The maximum Gasteiger partial charge on any atom is 0.101 e. The third-order valence-electron chi connectivity index (χ3n) is 11.1. The van der Waals surface area contributed by atoms with Gasteiger partial charge in [-0.05, 0) is 25.7 Å². The Balaban J connectivity index is 2.15. The van der Waals surface area contributed by atoms with E-state index in [9.17, 15) is 0 Å². The second-order valence-corrected chi connectivity index (χ2v) is 15.7. The molecule has 2 heteroatoms. The lowest BCUT2D eigenvalue weighted by molar-refractivity contribution is 0.135. The molecule has 0 bridgehead atoms. The Morgan fingerprint density at radius 1 is 0.277 bits per heavy atom. The van der Waals surface area contributed by atoms with E-state index in [2.05, 4.69) is 43.0 Å². The van der Waals surface area contributed by atoms with Gasteiger partial charge in [-0.1, -0.05) is 233 Å². The first-order valence-corrected chi connectivity index (χ1v) is 22.5. The summed E-state index contributed by atoms with van der Waals surface area (Å²) in [6.45, 7) is 9.49. The van der Waals surface area contributed by atoms with Gasteiger partial charge in [0.25, 0.3) is 0 Å². The maximum atomic E-state index is 2.73. The van der Waals surface area contributed by atoms with Gasteiger partial charge in [0.05, 0.1) is 0 Å². The quantitative estimate of drug-likeness (QED) is 0.0606. The monoisotopic (exact) mass is 659 g/mol. The van der Waals surface area contributed by atoms with Crippen molar-refractivity contribution < 1.29 is 0 Å². The predicted octanol–water partition coefficient (Wildman–Crippen LogP) is 15.9. The highest BCUT2D eigenvalue weighted by Crippen LogP contribution is 2.24. The minimum absolute atomic E-state index is 0.638. The Labute approximate surface area is 299 Å². The Kier molecular flexibility index (Phi) is 34.6. The Bertz CT molecular complexity index is 615. The first kappa shape index (κ1) is 44.4. The van der Waals surface area contributed by atoms with E-state index >= 15 is 0 Å². The molecule has 1 aliphatic heterocycles. The van der Waals surface area contributed by atoms with Crippen LogP contribution in [-0.4, -0.2) is 29.1 Å². The molecule has 0 aliphatic carbocycles. The summed E-state index contributed by atoms with van der Waals surface area (Å²) in [6, 6.07) is 0. The smallest absolute Gasteiger partial charge is 0.101 e. The molecule has 0 spiro atoms. The van der Waals surface area contributed by atoms with Crippen molar-refractivity contribution in [2.75, 3.05) is 13.1 Å². The lowest BCUT2D eigenvalue weighted by atomic mass is 10.0. The van der Waals surface area contributed by atoms with Crippen LogP contribution in [0.25, 0.3) is 0 Å². The fourth-order valence-electron chi connectivity index (χ4n) is 7.78. The molecule has 2 nitrogen and oxygen atoms in total. The lowest BCUT2D eigenvalue weighted by Crippen LogP contribution is -2.39. The molecule has 0 aromatic carbocycles. The molecular formula is C45H90N2. The molecule has 1 rings (SSSR count). The number of rotatable bonds is 39.